The number of amides is 1. The Kier molecular flexibility index (Phi) is 8.95. The predicted molar refractivity (Wildman–Crippen MR) is 144 cm³/mol. The number of nitrogens with one attached hydrogen (secondary N) is 2. The van der Waals surface area contributed by atoms with E-state index in [0.29, 0.717) is 36.2 Å². The van der Waals surface area contributed by atoms with Crippen molar-refractivity contribution in [3.8, 4) is 5.75 Å². The number of benzene rings is 3. The van der Waals surface area contributed by atoms with E-state index in [-0.39, 0.29) is 18.9 Å². The lowest BCUT2D eigenvalue weighted by atomic mass is 9.84. The molecule has 0 unspecified atom stereocenters. The van der Waals surface area contributed by atoms with E-state index >= 15 is 0 Å². The highest BCUT2D eigenvalue weighted by molar-refractivity contribution is 6.30. The quantitative estimate of drug-likeness (QED) is 0.182. The van der Waals surface area contributed by atoms with Gasteiger partial charge in [-0.3, -0.25) is 10.2 Å². The molecule has 0 saturated heterocycles. The van der Waals surface area contributed by atoms with Crippen LogP contribution in [0.1, 0.15) is 35.6 Å². The SMILES string of the molecule is C=CC[C@]1(C(=O)NNCc2ccc(Cl)cc2)N=C(c2ccc(OCCCO)cc2)O[C@H]1c1ccccc1. The fourth-order valence-corrected chi connectivity index (χ4v) is 4.23. The van der Waals surface area contributed by atoms with E-state index in [1.807, 2.05) is 66.7 Å². The molecular weight excluding hydrogens is 490 g/mol. The number of hydrazine groups is 1. The van der Waals surface area contributed by atoms with Crippen molar-refractivity contribution in [1.29, 1.82) is 0 Å². The lowest BCUT2D eigenvalue weighted by Crippen LogP contribution is -2.52. The summed E-state index contributed by atoms with van der Waals surface area (Å²) in [6, 6.07) is 24.3. The van der Waals surface area contributed by atoms with Gasteiger partial charge >= 0.3 is 0 Å². The molecule has 4 rings (SSSR count). The van der Waals surface area contributed by atoms with Gasteiger partial charge in [-0.15, -0.1) is 6.58 Å². The van der Waals surface area contributed by atoms with Gasteiger partial charge in [0.2, 0.25) is 5.90 Å². The highest BCUT2D eigenvalue weighted by Gasteiger charge is 2.52. The molecule has 0 bridgehead atoms. The highest BCUT2D eigenvalue weighted by Crippen LogP contribution is 2.42. The van der Waals surface area contributed by atoms with Crippen molar-refractivity contribution in [3.05, 3.63) is 113 Å². The lowest BCUT2D eigenvalue weighted by molar-refractivity contribution is -0.129. The van der Waals surface area contributed by atoms with Crippen molar-refractivity contribution in [3.63, 3.8) is 0 Å². The van der Waals surface area contributed by atoms with Crippen LogP contribution in [0.5, 0.6) is 5.75 Å². The van der Waals surface area contributed by atoms with Gasteiger partial charge in [-0.25, -0.2) is 10.4 Å². The number of carbonyl (C=O) groups is 1. The van der Waals surface area contributed by atoms with Crippen molar-refractivity contribution in [2.24, 2.45) is 4.99 Å². The van der Waals surface area contributed by atoms with E-state index in [1.165, 1.54) is 0 Å². The number of ether oxygens (including phenoxy) is 2. The molecule has 0 spiro atoms. The molecule has 2 atom stereocenters. The second-order valence-corrected chi connectivity index (χ2v) is 9.06. The molecule has 3 N–H and O–H groups in total. The molecule has 1 aliphatic heterocycles. The maximum absolute atomic E-state index is 13.7. The first-order valence-electron chi connectivity index (χ1n) is 12.1. The molecule has 8 heteroatoms. The van der Waals surface area contributed by atoms with Gasteiger partial charge in [0.15, 0.2) is 11.6 Å². The van der Waals surface area contributed by atoms with Crippen LogP contribution >= 0.6 is 11.6 Å². The minimum atomic E-state index is -1.26. The van der Waals surface area contributed by atoms with Crippen LogP contribution in [0.25, 0.3) is 0 Å². The number of nitrogens with zero attached hydrogens (tertiary/aromatic N) is 1. The van der Waals surface area contributed by atoms with Crippen molar-refractivity contribution < 1.29 is 19.4 Å². The fraction of sp³-hybridized carbons (Fsp3) is 0.241. The Morgan fingerprint density at radius 1 is 1.11 bits per heavy atom. The van der Waals surface area contributed by atoms with E-state index in [4.69, 9.17) is 31.2 Å². The standard InChI is InChI=1S/C29H30ClN3O4/c1-2-17-29(28(35)33-31-20-21-9-13-24(30)14-10-21)26(22-7-4-3-5-8-22)37-27(32-29)23-11-15-25(16-12-23)36-19-6-18-34/h2-5,7-16,26,31,34H,1,6,17-20H2,(H,33,35)/t26-,29-/m0/s1. The summed E-state index contributed by atoms with van der Waals surface area (Å²) in [5, 5.41) is 9.60. The van der Waals surface area contributed by atoms with Crippen molar-refractivity contribution in [2.75, 3.05) is 13.2 Å². The third-order valence-electron chi connectivity index (χ3n) is 6.00. The van der Waals surface area contributed by atoms with E-state index in [9.17, 15) is 4.79 Å². The zero-order valence-electron chi connectivity index (χ0n) is 20.4. The van der Waals surface area contributed by atoms with E-state index in [1.54, 1.807) is 18.2 Å². The normalized spacial score (nSPS) is 18.5. The summed E-state index contributed by atoms with van der Waals surface area (Å²) >= 11 is 5.97. The molecule has 1 amide bonds. The van der Waals surface area contributed by atoms with Crippen LogP contribution in [0.4, 0.5) is 0 Å². The maximum atomic E-state index is 13.7. The van der Waals surface area contributed by atoms with E-state index in [2.05, 4.69) is 17.4 Å². The summed E-state index contributed by atoms with van der Waals surface area (Å²) in [5.74, 6) is 0.719. The van der Waals surface area contributed by atoms with Crippen LogP contribution in [0.15, 0.2) is 96.5 Å². The summed E-state index contributed by atoms with van der Waals surface area (Å²) in [5.41, 5.74) is 7.09. The molecule has 1 heterocycles. The average molecular weight is 520 g/mol. The number of aliphatic imine (C=N–C) groups is 1. The molecule has 0 fully saturated rings. The molecule has 1 aliphatic rings. The smallest absolute Gasteiger partial charge is 0.266 e. The molecular formula is C29H30ClN3O4. The third-order valence-corrected chi connectivity index (χ3v) is 6.25. The predicted octanol–water partition coefficient (Wildman–Crippen LogP) is 4.76. The van der Waals surface area contributed by atoms with Crippen molar-refractivity contribution in [1.82, 2.24) is 10.9 Å². The zero-order valence-corrected chi connectivity index (χ0v) is 21.2. The summed E-state index contributed by atoms with van der Waals surface area (Å²) in [4.78, 5) is 18.6. The molecule has 37 heavy (non-hydrogen) atoms. The molecule has 0 aliphatic carbocycles. The summed E-state index contributed by atoms with van der Waals surface area (Å²) in [6.45, 7) is 4.80. The summed E-state index contributed by atoms with van der Waals surface area (Å²) < 4.78 is 12.0. The number of hydrogen-bond donors (Lipinski definition) is 3. The molecule has 7 nitrogen and oxygen atoms in total. The van der Waals surface area contributed by atoms with Gasteiger partial charge in [-0.2, -0.15) is 0 Å². The van der Waals surface area contributed by atoms with Gasteiger partial charge in [0.25, 0.3) is 5.91 Å². The van der Waals surface area contributed by atoms with Crippen LogP contribution < -0.4 is 15.6 Å². The Morgan fingerprint density at radius 3 is 2.51 bits per heavy atom. The minimum Gasteiger partial charge on any atom is -0.494 e. The number of halogens is 1. The molecule has 0 aromatic heterocycles. The number of rotatable bonds is 12. The van der Waals surface area contributed by atoms with Gasteiger partial charge < -0.3 is 14.6 Å². The van der Waals surface area contributed by atoms with Crippen LogP contribution in [0.3, 0.4) is 0 Å². The Morgan fingerprint density at radius 2 is 1.84 bits per heavy atom. The Hall–Kier alpha value is -3.65. The second-order valence-electron chi connectivity index (χ2n) is 8.63. The summed E-state index contributed by atoms with van der Waals surface area (Å²) in [6.07, 6.45) is 1.86. The third kappa shape index (κ3) is 6.38. The number of carbonyl (C=O) groups excluding carboxylic acids is 1. The van der Waals surface area contributed by atoms with Crippen LogP contribution in [0.2, 0.25) is 5.02 Å². The van der Waals surface area contributed by atoms with Crippen LogP contribution in [-0.4, -0.2) is 35.7 Å². The molecule has 192 valence electrons. The Balaban J connectivity index is 1.59. The average Bonchev–Trinajstić information content (AvgIpc) is 3.32. The van der Waals surface area contributed by atoms with E-state index < -0.39 is 11.6 Å². The topological polar surface area (TPSA) is 92.2 Å². The molecule has 0 radical (unpaired) electrons. The lowest BCUT2D eigenvalue weighted by Gasteiger charge is -2.29. The van der Waals surface area contributed by atoms with E-state index in [0.717, 1.165) is 16.7 Å². The molecule has 0 saturated carbocycles. The molecule has 3 aromatic carbocycles. The first kappa shape index (κ1) is 26.4. The van der Waals surface area contributed by atoms with Gasteiger partial charge in [0.1, 0.15) is 5.75 Å². The maximum Gasteiger partial charge on any atom is 0.266 e. The first-order valence-corrected chi connectivity index (χ1v) is 12.5. The van der Waals surface area contributed by atoms with Gasteiger partial charge in [-0.05, 0) is 47.5 Å². The first-order chi connectivity index (χ1) is 18.1. The minimum absolute atomic E-state index is 0.0750. The van der Waals surface area contributed by atoms with Crippen molar-refractivity contribution >= 4 is 23.4 Å². The van der Waals surface area contributed by atoms with Crippen LogP contribution in [0, 0.1) is 0 Å². The number of aliphatic hydroxyl groups is 1. The monoisotopic (exact) mass is 519 g/mol. The summed E-state index contributed by atoms with van der Waals surface area (Å²) in [7, 11) is 0. The second kappa shape index (κ2) is 12.5. The Labute approximate surface area is 221 Å². The van der Waals surface area contributed by atoms with Gasteiger partial charge in [0, 0.05) is 36.6 Å². The number of hydrogen-bond acceptors (Lipinski definition) is 6. The number of aliphatic hydroxyl groups excluding tert-OH is 1. The van der Waals surface area contributed by atoms with Gasteiger partial charge in [0.05, 0.1) is 6.61 Å². The fourth-order valence-electron chi connectivity index (χ4n) is 4.10. The largest absolute Gasteiger partial charge is 0.494 e. The van der Waals surface area contributed by atoms with Crippen molar-refractivity contribution in [2.45, 2.75) is 31.0 Å². The van der Waals surface area contributed by atoms with Gasteiger partial charge in [-0.1, -0.05) is 60.1 Å². The Bertz CT molecular complexity index is 1220. The highest BCUT2D eigenvalue weighted by atomic mass is 35.5. The van der Waals surface area contributed by atoms with Crippen LogP contribution in [-0.2, 0) is 16.1 Å². The molecule has 3 aromatic rings. The zero-order chi connectivity index (χ0) is 26.1.